The van der Waals surface area contributed by atoms with E-state index in [2.05, 4.69) is 9.88 Å². The maximum absolute atomic E-state index is 12.8. The minimum absolute atomic E-state index is 0.414. The number of rotatable bonds is 5. The van der Waals surface area contributed by atoms with Crippen molar-refractivity contribution in [3.8, 4) is 0 Å². The lowest BCUT2D eigenvalue weighted by atomic mass is 10.1. The molecule has 5 nitrogen and oxygen atoms in total. The second kappa shape index (κ2) is 8.05. The van der Waals surface area contributed by atoms with Gasteiger partial charge < -0.3 is 14.5 Å². The molecule has 0 bridgehead atoms. The predicted molar refractivity (Wildman–Crippen MR) is 92.1 cm³/mol. The van der Waals surface area contributed by atoms with Crippen LogP contribution < -0.4 is 4.90 Å². The number of benzene rings is 1. The number of halogens is 3. The van der Waals surface area contributed by atoms with Gasteiger partial charge in [0.2, 0.25) is 0 Å². The van der Waals surface area contributed by atoms with Crippen LogP contribution >= 0.6 is 11.3 Å². The number of carbonyl (C=O) groups excluding carboxylic acids is 1. The summed E-state index contributed by atoms with van der Waals surface area (Å²) in [4.78, 5) is 20.7. The molecule has 1 aromatic heterocycles. The third-order valence-corrected chi connectivity index (χ3v) is 4.85. The standard InChI is InChI=1S/C17H18F3N3O2S/c18-17(19,20)12-25-14(13-4-2-1-3-5-13)15(24)22-7-9-23(10-8-22)16-21-6-11-26-16/h1-6,11,14H,7-10,12H2. The van der Waals surface area contributed by atoms with E-state index in [1.165, 1.54) is 11.3 Å². The molecule has 0 saturated carbocycles. The Bertz CT molecular complexity index is 702. The van der Waals surface area contributed by atoms with Crippen molar-refractivity contribution < 1.29 is 22.7 Å². The molecular formula is C17H18F3N3O2S. The summed E-state index contributed by atoms with van der Waals surface area (Å²) in [6, 6.07) is 8.29. The average molecular weight is 385 g/mol. The zero-order chi connectivity index (χ0) is 18.6. The second-order valence-electron chi connectivity index (χ2n) is 5.84. The summed E-state index contributed by atoms with van der Waals surface area (Å²) in [6.07, 6.45) is -4.03. The number of aromatic nitrogens is 1. The molecule has 9 heteroatoms. The van der Waals surface area contributed by atoms with Gasteiger partial charge in [-0.15, -0.1) is 11.3 Å². The highest BCUT2D eigenvalue weighted by Gasteiger charge is 2.34. The topological polar surface area (TPSA) is 45.7 Å². The summed E-state index contributed by atoms with van der Waals surface area (Å²) >= 11 is 1.51. The molecule has 0 aliphatic carbocycles. The lowest BCUT2D eigenvalue weighted by Gasteiger charge is -2.36. The summed E-state index contributed by atoms with van der Waals surface area (Å²) in [5.41, 5.74) is 0.420. The molecule has 1 aromatic carbocycles. The number of hydrogen-bond donors (Lipinski definition) is 0. The Balaban J connectivity index is 1.67. The van der Waals surface area contributed by atoms with E-state index in [1.807, 2.05) is 5.38 Å². The van der Waals surface area contributed by atoms with Gasteiger partial charge in [0.1, 0.15) is 6.61 Å². The van der Waals surface area contributed by atoms with Crippen LogP contribution in [0.3, 0.4) is 0 Å². The summed E-state index contributed by atoms with van der Waals surface area (Å²) in [5.74, 6) is -0.445. The van der Waals surface area contributed by atoms with E-state index in [1.54, 1.807) is 41.4 Å². The first-order chi connectivity index (χ1) is 12.4. The largest absolute Gasteiger partial charge is 0.411 e. The van der Waals surface area contributed by atoms with Gasteiger partial charge in [-0.05, 0) is 5.56 Å². The van der Waals surface area contributed by atoms with Crippen molar-refractivity contribution in [1.29, 1.82) is 0 Å². The first-order valence-corrected chi connectivity index (χ1v) is 8.98. The van der Waals surface area contributed by atoms with Crippen LogP contribution in [0.1, 0.15) is 11.7 Å². The number of hydrogen-bond acceptors (Lipinski definition) is 5. The van der Waals surface area contributed by atoms with Crippen LogP contribution in [0.5, 0.6) is 0 Å². The van der Waals surface area contributed by atoms with Crippen molar-refractivity contribution in [2.24, 2.45) is 0 Å². The molecule has 1 fully saturated rings. The molecule has 0 spiro atoms. The molecule has 1 aliphatic heterocycles. The molecule has 1 atom stereocenters. The van der Waals surface area contributed by atoms with Crippen molar-refractivity contribution in [3.63, 3.8) is 0 Å². The number of anilines is 1. The SMILES string of the molecule is O=C(C(OCC(F)(F)F)c1ccccc1)N1CCN(c2nccs2)CC1. The Hall–Kier alpha value is -2.13. The number of ether oxygens (including phenoxy) is 1. The molecule has 3 rings (SSSR count). The number of thiazole rings is 1. The van der Waals surface area contributed by atoms with Gasteiger partial charge >= 0.3 is 6.18 Å². The van der Waals surface area contributed by atoms with E-state index in [0.29, 0.717) is 31.7 Å². The van der Waals surface area contributed by atoms with Crippen LogP contribution in [-0.2, 0) is 9.53 Å². The molecule has 0 radical (unpaired) electrons. The van der Waals surface area contributed by atoms with Gasteiger partial charge in [0, 0.05) is 37.8 Å². The average Bonchev–Trinajstić information content (AvgIpc) is 3.16. The van der Waals surface area contributed by atoms with Gasteiger partial charge in [0.05, 0.1) is 0 Å². The molecule has 140 valence electrons. The first kappa shape index (κ1) is 18.7. The van der Waals surface area contributed by atoms with Crippen molar-refractivity contribution in [2.75, 3.05) is 37.7 Å². The minimum Gasteiger partial charge on any atom is -0.354 e. The van der Waals surface area contributed by atoms with E-state index >= 15 is 0 Å². The summed E-state index contributed by atoms with van der Waals surface area (Å²) in [7, 11) is 0. The number of amides is 1. The van der Waals surface area contributed by atoms with Crippen LogP contribution in [-0.4, -0.2) is 54.8 Å². The highest BCUT2D eigenvalue weighted by atomic mass is 32.1. The van der Waals surface area contributed by atoms with Crippen LogP contribution in [0.15, 0.2) is 41.9 Å². The highest BCUT2D eigenvalue weighted by molar-refractivity contribution is 7.13. The second-order valence-corrected chi connectivity index (χ2v) is 6.72. The third kappa shape index (κ3) is 4.73. The quantitative estimate of drug-likeness (QED) is 0.794. The lowest BCUT2D eigenvalue weighted by Crippen LogP contribution is -2.50. The van der Waals surface area contributed by atoms with Crippen molar-refractivity contribution >= 4 is 22.4 Å². The minimum atomic E-state index is -4.49. The number of piperazine rings is 1. The lowest BCUT2D eigenvalue weighted by molar-refractivity contribution is -0.191. The maximum Gasteiger partial charge on any atom is 0.411 e. The number of alkyl halides is 3. The normalized spacial score (nSPS) is 16.6. The molecule has 0 N–H and O–H groups in total. The Morgan fingerprint density at radius 1 is 1.19 bits per heavy atom. The Morgan fingerprint density at radius 2 is 1.88 bits per heavy atom. The number of carbonyl (C=O) groups is 1. The van der Waals surface area contributed by atoms with E-state index in [9.17, 15) is 18.0 Å². The van der Waals surface area contributed by atoms with Gasteiger partial charge in [-0.3, -0.25) is 4.79 Å². The van der Waals surface area contributed by atoms with Gasteiger partial charge in [0.25, 0.3) is 5.91 Å². The van der Waals surface area contributed by atoms with Crippen LogP contribution in [0, 0.1) is 0 Å². The fourth-order valence-corrected chi connectivity index (χ4v) is 3.47. The molecule has 2 heterocycles. The fourth-order valence-electron chi connectivity index (χ4n) is 2.77. The van der Waals surface area contributed by atoms with Gasteiger partial charge in [-0.25, -0.2) is 4.98 Å². The van der Waals surface area contributed by atoms with E-state index < -0.39 is 24.8 Å². The summed E-state index contributed by atoms with van der Waals surface area (Å²) < 4.78 is 42.7. The first-order valence-electron chi connectivity index (χ1n) is 8.10. The molecule has 2 aromatic rings. The van der Waals surface area contributed by atoms with Crippen molar-refractivity contribution in [1.82, 2.24) is 9.88 Å². The summed E-state index contributed by atoms with van der Waals surface area (Å²) in [6.45, 7) is 0.533. The smallest absolute Gasteiger partial charge is 0.354 e. The van der Waals surface area contributed by atoms with Gasteiger partial charge in [0.15, 0.2) is 11.2 Å². The fraction of sp³-hybridized carbons (Fsp3) is 0.412. The Labute approximate surface area is 153 Å². The van der Waals surface area contributed by atoms with Crippen LogP contribution in [0.4, 0.5) is 18.3 Å². The molecule has 1 amide bonds. The van der Waals surface area contributed by atoms with E-state index in [0.717, 1.165) is 5.13 Å². The van der Waals surface area contributed by atoms with E-state index in [-0.39, 0.29) is 0 Å². The Morgan fingerprint density at radius 3 is 2.46 bits per heavy atom. The van der Waals surface area contributed by atoms with Crippen molar-refractivity contribution in [3.05, 3.63) is 47.5 Å². The van der Waals surface area contributed by atoms with Crippen molar-refractivity contribution in [2.45, 2.75) is 12.3 Å². The van der Waals surface area contributed by atoms with Crippen LogP contribution in [0.2, 0.25) is 0 Å². The zero-order valence-corrected chi connectivity index (χ0v) is 14.7. The monoisotopic (exact) mass is 385 g/mol. The van der Waals surface area contributed by atoms with Gasteiger partial charge in [-0.2, -0.15) is 13.2 Å². The maximum atomic E-state index is 12.8. The molecule has 1 unspecified atom stereocenters. The van der Waals surface area contributed by atoms with Gasteiger partial charge in [-0.1, -0.05) is 30.3 Å². The number of nitrogens with zero attached hydrogens (tertiary/aromatic N) is 3. The third-order valence-electron chi connectivity index (χ3n) is 4.02. The summed E-state index contributed by atoms with van der Waals surface area (Å²) in [5, 5.41) is 2.76. The molecular weight excluding hydrogens is 367 g/mol. The Kier molecular flexibility index (Phi) is 5.77. The predicted octanol–water partition coefficient (Wildman–Crippen LogP) is 3.11. The highest BCUT2D eigenvalue weighted by Crippen LogP contribution is 2.26. The molecule has 1 saturated heterocycles. The van der Waals surface area contributed by atoms with E-state index in [4.69, 9.17) is 4.74 Å². The van der Waals surface area contributed by atoms with Crippen LogP contribution in [0.25, 0.3) is 0 Å². The molecule has 1 aliphatic rings. The molecule has 26 heavy (non-hydrogen) atoms. The zero-order valence-electron chi connectivity index (χ0n) is 13.9.